The maximum Gasteiger partial charge on any atom is 0.339 e. The number of aliphatic hydroxyl groups excluding tert-OH is 1. The normalized spacial score (nSPS) is 12.5. The number of alkyl halides is 2. The minimum Gasteiger partial charge on any atom is -0.481 e. The van der Waals surface area contributed by atoms with E-state index in [1.165, 1.54) is 92.7 Å². The highest BCUT2D eigenvalue weighted by Crippen LogP contribution is 2.34. The number of likely N-dealkylation sites (tertiary alicyclic amines) is 1. The first-order valence-corrected chi connectivity index (χ1v) is 38.6. The molecule has 0 spiro atoms. The van der Waals surface area contributed by atoms with Gasteiger partial charge in [0.2, 0.25) is 46.8 Å². The fourth-order valence-corrected chi connectivity index (χ4v) is 12.4. The molecule has 0 saturated carbocycles. The van der Waals surface area contributed by atoms with Gasteiger partial charge in [0, 0.05) is 106 Å². The maximum absolute atomic E-state index is 14.3. The van der Waals surface area contributed by atoms with Crippen LogP contribution < -0.4 is 40.2 Å². The lowest BCUT2D eigenvalue weighted by Crippen LogP contribution is -2.38. The molecule has 17 rings (SSSR count). The zero-order valence-electron chi connectivity index (χ0n) is 65.3. The summed E-state index contributed by atoms with van der Waals surface area (Å²) < 4.78 is 143. The van der Waals surface area contributed by atoms with Crippen LogP contribution in [0.1, 0.15) is 46.8 Å². The first kappa shape index (κ1) is 83.5. The predicted molar refractivity (Wildman–Crippen MR) is 432 cm³/mol. The van der Waals surface area contributed by atoms with Crippen LogP contribution in [0.15, 0.2) is 196 Å². The van der Waals surface area contributed by atoms with Gasteiger partial charge in [0.05, 0.1) is 108 Å². The molecule has 17 heterocycles. The van der Waals surface area contributed by atoms with E-state index >= 15 is 0 Å². The highest BCUT2D eigenvalue weighted by atomic mass is 32.2. The molecular formula is C80H71F6N25O10S. The molecule has 35 nitrogen and oxygen atoms in total. The summed E-state index contributed by atoms with van der Waals surface area (Å²) in [4.78, 5) is 64.7. The quantitative estimate of drug-likeness (QED) is 0.0213. The number of fused-ring (bicyclic) bond motifs is 4. The topological polar surface area (TPSA) is 402 Å². The number of carbonyl (C=O) groups is 1. The molecule has 0 amide bonds. The van der Waals surface area contributed by atoms with Gasteiger partial charge in [-0.1, -0.05) is 24.3 Å². The smallest absolute Gasteiger partial charge is 0.339 e. The van der Waals surface area contributed by atoms with Gasteiger partial charge in [0.1, 0.15) is 44.8 Å². The number of nitrogens with one attached hydrogen (secondary N) is 4. The number of aromatic nitrogens is 20. The molecule has 1 saturated heterocycles. The number of methoxy groups -OCH3 is 4. The number of halogens is 6. The van der Waals surface area contributed by atoms with Gasteiger partial charge in [-0.25, -0.2) is 89.1 Å². The number of hydrogen-bond donors (Lipinski definition) is 5. The maximum atomic E-state index is 14.3. The number of carbonyl (C=O) groups excluding carboxylic acids is 1. The molecule has 1 aliphatic rings. The first-order chi connectivity index (χ1) is 59.0. The standard InChI is InChI=1S/C23H22F3N7O.C20H17FN6O3.C19H17FN6O4S.C18H15FN6O2/c1-34-20-4-2-3-18(28-20)21-30-22(29-17-5-8-27-12-16(17)24)19-11-15(14-33(19)31-21)13-32-9-6-23(25,26)7-10-32;1-3-30-20(28)12-9-16-19(24-14-7-8-22-10-13(14)21)25-18(26-27(16)11-12)15-5-4-6-17(23-15)29-2;1-29-17-5-3-4-15(22-17)18-24-19(23-14-6-7-21-9-13(14)20)16-8-12(10-26(16)25-18)11-30-31(2,27)28;1-27-16-4-2-3-14(21-16)17-23-18(22-13-5-6-20-8-12(13)19)15-7-11(10-26)9-25(15)24-17/h2-5,8,11-12,14H,6-7,9-10,13H2,1H3,(H,27,29,30,31);4-11H,3H2,1-2H3,(H,22,24,25,26);3-10H,11H2,1-2H3,(H,21,23,24,25);2-9,26H,10H2,1H3,(H,20,22,23,24). The number of anilines is 8. The molecule has 0 radical (unpaired) electrons. The number of ether oxygens (including phenoxy) is 5. The van der Waals surface area contributed by atoms with Crippen LogP contribution >= 0.6 is 0 Å². The summed E-state index contributed by atoms with van der Waals surface area (Å²) in [6.45, 7) is 2.75. The molecule has 0 aromatic carbocycles. The van der Waals surface area contributed by atoms with Crippen molar-refractivity contribution < 1.29 is 72.5 Å². The summed E-state index contributed by atoms with van der Waals surface area (Å²) >= 11 is 0. The van der Waals surface area contributed by atoms with Crippen molar-refractivity contribution in [3.8, 4) is 69.6 Å². The van der Waals surface area contributed by atoms with Crippen molar-refractivity contribution >= 4 is 84.2 Å². The Hall–Kier alpha value is -15.0. The van der Waals surface area contributed by atoms with Crippen molar-refractivity contribution in [3.05, 3.63) is 241 Å². The van der Waals surface area contributed by atoms with Crippen LogP contribution in [0.5, 0.6) is 23.5 Å². The minimum atomic E-state index is -3.62. The van der Waals surface area contributed by atoms with E-state index in [1.807, 2.05) is 17.2 Å². The lowest BCUT2D eigenvalue weighted by atomic mass is 10.1. The van der Waals surface area contributed by atoms with Gasteiger partial charge >= 0.3 is 5.97 Å². The van der Waals surface area contributed by atoms with Crippen molar-refractivity contribution in [2.75, 3.05) is 75.7 Å². The molecular weight excluding hydrogens is 1620 g/mol. The number of aliphatic hydroxyl groups is 1. The van der Waals surface area contributed by atoms with Crippen LogP contribution in [0, 0.1) is 23.3 Å². The van der Waals surface area contributed by atoms with Gasteiger partial charge in [0.15, 0.2) is 46.5 Å². The van der Waals surface area contributed by atoms with Crippen molar-refractivity contribution in [3.63, 3.8) is 0 Å². The molecule has 1 aliphatic heterocycles. The molecule has 0 bridgehead atoms. The summed E-state index contributed by atoms with van der Waals surface area (Å²) in [5.41, 5.74) is 7.12. The van der Waals surface area contributed by atoms with Gasteiger partial charge in [-0.05, 0) is 96.4 Å². The monoisotopic (exact) mass is 1690 g/mol. The van der Waals surface area contributed by atoms with Crippen molar-refractivity contribution in [2.24, 2.45) is 0 Å². The third-order valence-electron chi connectivity index (χ3n) is 17.9. The number of piperidine rings is 1. The second-order valence-corrected chi connectivity index (χ2v) is 28.0. The second kappa shape index (κ2) is 37.3. The van der Waals surface area contributed by atoms with Crippen molar-refractivity contribution in [1.82, 2.24) is 103 Å². The Morgan fingerprint density at radius 2 is 0.787 bits per heavy atom. The van der Waals surface area contributed by atoms with Crippen LogP contribution in [-0.2, 0) is 38.8 Å². The SMILES string of the molecule is CCOC(=O)c1cc2c(Nc3ccncc3F)nc(-c3cccc(OC)n3)nn2c1.COc1cccc(-c2nc(Nc3ccncc3F)c3cc(CN4CCC(F)(F)CC4)cn3n2)n1.COc1cccc(-c2nc(Nc3ccncc3F)c3cc(CO)cn3n2)n1.COc1cccc(-c2nc(Nc3ccncc3F)c3cc(COS(C)(=O)=O)cn3n2)n1. The van der Waals surface area contributed by atoms with E-state index in [9.17, 15) is 44.7 Å². The molecule has 0 atom stereocenters. The minimum absolute atomic E-state index is 0.153. The Bertz CT molecular complexity index is 6580. The van der Waals surface area contributed by atoms with Crippen LogP contribution in [0.25, 0.3) is 68.1 Å². The average Bonchev–Trinajstić information content (AvgIpc) is 1.62. The molecule has 0 aliphatic carbocycles. The van der Waals surface area contributed by atoms with Crippen LogP contribution in [-0.4, -0.2) is 183 Å². The molecule has 16 aromatic rings. The third kappa shape index (κ3) is 20.4. The molecule has 1 fully saturated rings. The Morgan fingerprint density at radius 3 is 1.12 bits per heavy atom. The van der Waals surface area contributed by atoms with Gasteiger partial charge in [-0.15, -0.1) is 20.4 Å². The summed E-state index contributed by atoms with van der Waals surface area (Å²) in [6, 6.07) is 33.6. The summed E-state index contributed by atoms with van der Waals surface area (Å²) in [6.07, 6.45) is 17.5. The number of hydrogen-bond acceptors (Lipinski definition) is 31. The Kier molecular flexibility index (Phi) is 25.5. The van der Waals surface area contributed by atoms with E-state index in [2.05, 4.69) is 101 Å². The lowest BCUT2D eigenvalue weighted by molar-refractivity contribution is -0.0566. The lowest BCUT2D eigenvalue weighted by Gasteiger charge is -2.31. The molecule has 624 valence electrons. The van der Waals surface area contributed by atoms with Gasteiger partial charge < -0.3 is 50.1 Å². The molecule has 0 unspecified atom stereocenters. The fourth-order valence-electron chi connectivity index (χ4n) is 12.0. The highest BCUT2D eigenvalue weighted by molar-refractivity contribution is 7.85. The number of esters is 1. The molecule has 42 heteroatoms. The Balaban J connectivity index is 0.000000133. The van der Waals surface area contributed by atoms with E-state index in [0.29, 0.717) is 128 Å². The summed E-state index contributed by atoms with van der Waals surface area (Å²) in [5.74, 6) is -1.20. The zero-order chi connectivity index (χ0) is 85.6. The van der Waals surface area contributed by atoms with E-state index in [4.69, 9.17) is 27.9 Å². The van der Waals surface area contributed by atoms with Crippen molar-refractivity contribution in [1.29, 1.82) is 0 Å². The van der Waals surface area contributed by atoms with Crippen LogP contribution in [0.3, 0.4) is 0 Å². The van der Waals surface area contributed by atoms with E-state index in [-0.39, 0.29) is 78.7 Å². The van der Waals surface area contributed by atoms with Gasteiger partial charge in [-0.3, -0.25) is 29.0 Å². The molecule has 122 heavy (non-hydrogen) atoms. The summed E-state index contributed by atoms with van der Waals surface area (Å²) in [5, 5.41) is 39.2. The van der Waals surface area contributed by atoms with E-state index < -0.39 is 45.3 Å². The Labute approximate surface area is 688 Å². The summed E-state index contributed by atoms with van der Waals surface area (Å²) in [7, 11) is 2.42. The van der Waals surface area contributed by atoms with Gasteiger partial charge in [0.25, 0.3) is 16.0 Å². The first-order valence-electron chi connectivity index (χ1n) is 36.8. The van der Waals surface area contributed by atoms with Crippen LogP contribution in [0.4, 0.5) is 72.4 Å². The van der Waals surface area contributed by atoms with E-state index in [0.717, 1.165) is 36.6 Å². The van der Waals surface area contributed by atoms with Crippen molar-refractivity contribution in [2.45, 2.75) is 45.4 Å². The second-order valence-electron chi connectivity index (χ2n) is 26.4. The van der Waals surface area contributed by atoms with Gasteiger partial charge in [-0.2, -0.15) is 8.42 Å². The van der Waals surface area contributed by atoms with Crippen LogP contribution in [0.2, 0.25) is 0 Å². The zero-order valence-corrected chi connectivity index (χ0v) is 66.1. The molecule has 5 N–H and O–H groups in total. The number of nitrogens with zero attached hydrogens (tertiary/aromatic N) is 21. The predicted octanol–water partition coefficient (Wildman–Crippen LogP) is 12.7. The van der Waals surface area contributed by atoms with E-state index in [1.54, 1.807) is 119 Å². The number of pyridine rings is 8. The average molecular weight is 1690 g/mol. The largest absolute Gasteiger partial charge is 0.481 e. The Morgan fingerprint density at radius 1 is 0.459 bits per heavy atom. The fraction of sp³-hybridized carbons (Fsp3) is 0.188. The number of rotatable bonds is 24. The highest BCUT2D eigenvalue weighted by Gasteiger charge is 2.34. The molecule has 16 aromatic heterocycles. The third-order valence-corrected chi connectivity index (χ3v) is 18.4.